The van der Waals surface area contributed by atoms with E-state index in [2.05, 4.69) is 48.0 Å². The first-order valence-electron chi connectivity index (χ1n) is 6.23. The average Bonchev–Trinajstić information content (AvgIpc) is 2.71. The summed E-state index contributed by atoms with van der Waals surface area (Å²) in [6.45, 7) is 2.10. The van der Waals surface area contributed by atoms with Gasteiger partial charge in [0.1, 0.15) is 0 Å². The lowest BCUT2D eigenvalue weighted by Gasteiger charge is -2.31. The van der Waals surface area contributed by atoms with Gasteiger partial charge >= 0.3 is 0 Å². The zero-order valence-corrected chi connectivity index (χ0v) is 11.5. The molecule has 3 rings (SSSR count). The minimum atomic E-state index is 0.456. The maximum absolute atomic E-state index is 5.97. The SMILES string of the molecule is CN1Cc2c(ccn2C)C(c2ccc(Cl)cc2)C1. The normalized spacial score (nSPS) is 19.8. The smallest absolute Gasteiger partial charge is 0.0406 e. The number of halogens is 1. The Kier molecular flexibility index (Phi) is 2.92. The van der Waals surface area contributed by atoms with Gasteiger partial charge in [-0.25, -0.2) is 0 Å². The molecule has 2 nitrogen and oxygen atoms in total. The van der Waals surface area contributed by atoms with E-state index >= 15 is 0 Å². The summed E-state index contributed by atoms with van der Waals surface area (Å²) in [5, 5.41) is 0.802. The fourth-order valence-electron chi connectivity index (χ4n) is 2.81. The molecular weight excluding hydrogens is 244 g/mol. The minimum Gasteiger partial charge on any atom is -0.353 e. The molecular formula is C15H17ClN2. The third-order valence-corrected chi connectivity index (χ3v) is 4.05. The molecule has 1 aromatic heterocycles. The van der Waals surface area contributed by atoms with Crippen LogP contribution in [-0.4, -0.2) is 23.1 Å². The predicted octanol–water partition coefficient (Wildman–Crippen LogP) is 3.26. The molecule has 1 aromatic carbocycles. The van der Waals surface area contributed by atoms with Crippen LogP contribution < -0.4 is 0 Å². The van der Waals surface area contributed by atoms with E-state index in [1.165, 1.54) is 16.8 Å². The number of benzene rings is 1. The van der Waals surface area contributed by atoms with Crippen molar-refractivity contribution < 1.29 is 0 Å². The number of aryl methyl sites for hydroxylation is 1. The molecule has 3 heteroatoms. The van der Waals surface area contributed by atoms with Gasteiger partial charge in [-0.1, -0.05) is 23.7 Å². The summed E-state index contributed by atoms with van der Waals surface area (Å²) < 4.78 is 2.23. The molecule has 1 aliphatic rings. The molecule has 0 bridgehead atoms. The van der Waals surface area contributed by atoms with Crippen LogP contribution in [0.15, 0.2) is 36.5 Å². The standard InChI is InChI=1S/C15H17ClN2/c1-17-9-14(11-3-5-12(16)6-4-11)13-7-8-18(2)15(13)10-17/h3-8,14H,9-10H2,1-2H3. The topological polar surface area (TPSA) is 8.17 Å². The van der Waals surface area contributed by atoms with Crippen molar-refractivity contribution >= 4 is 11.6 Å². The van der Waals surface area contributed by atoms with Crippen molar-refractivity contribution in [3.63, 3.8) is 0 Å². The lowest BCUT2D eigenvalue weighted by molar-refractivity contribution is 0.287. The number of hydrogen-bond donors (Lipinski definition) is 0. The Morgan fingerprint density at radius 2 is 1.83 bits per heavy atom. The maximum Gasteiger partial charge on any atom is 0.0406 e. The van der Waals surface area contributed by atoms with Crippen LogP contribution in [0.2, 0.25) is 5.02 Å². The average molecular weight is 261 g/mol. The third-order valence-electron chi connectivity index (χ3n) is 3.80. The highest BCUT2D eigenvalue weighted by Gasteiger charge is 2.26. The number of nitrogens with zero attached hydrogens (tertiary/aromatic N) is 2. The second-order valence-electron chi connectivity index (χ2n) is 5.13. The number of hydrogen-bond acceptors (Lipinski definition) is 1. The molecule has 1 atom stereocenters. The van der Waals surface area contributed by atoms with E-state index in [9.17, 15) is 0 Å². The Bertz CT molecular complexity index is 556. The molecule has 0 saturated carbocycles. The van der Waals surface area contributed by atoms with E-state index in [1.807, 2.05) is 12.1 Å². The van der Waals surface area contributed by atoms with E-state index in [4.69, 9.17) is 11.6 Å². The van der Waals surface area contributed by atoms with Gasteiger partial charge in [-0.3, -0.25) is 4.90 Å². The third kappa shape index (κ3) is 1.96. The van der Waals surface area contributed by atoms with E-state index < -0.39 is 0 Å². The van der Waals surface area contributed by atoms with Gasteiger partial charge in [0.05, 0.1) is 0 Å². The van der Waals surface area contributed by atoms with Crippen molar-refractivity contribution in [3.8, 4) is 0 Å². The Balaban J connectivity index is 2.04. The van der Waals surface area contributed by atoms with Gasteiger partial charge in [-0.05, 0) is 36.4 Å². The van der Waals surface area contributed by atoms with Crippen molar-refractivity contribution in [1.29, 1.82) is 0 Å². The Hall–Kier alpha value is -1.25. The van der Waals surface area contributed by atoms with Gasteiger partial charge in [0.2, 0.25) is 0 Å². The van der Waals surface area contributed by atoms with Gasteiger partial charge in [-0.15, -0.1) is 0 Å². The highest BCUT2D eigenvalue weighted by molar-refractivity contribution is 6.30. The summed E-state index contributed by atoms with van der Waals surface area (Å²) in [4.78, 5) is 2.38. The van der Waals surface area contributed by atoms with E-state index in [-0.39, 0.29) is 0 Å². The molecule has 94 valence electrons. The Labute approximate surface area is 113 Å². The summed E-state index contributed by atoms with van der Waals surface area (Å²) in [5.41, 5.74) is 4.22. The highest BCUT2D eigenvalue weighted by atomic mass is 35.5. The highest BCUT2D eigenvalue weighted by Crippen LogP contribution is 2.33. The molecule has 0 N–H and O–H groups in total. The van der Waals surface area contributed by atoms with Crippen molar-refractivity contribution in [1.82, 2.24) is 9.47 Å². The van der Waals surface area contributed by atoms with Gasteiger partial charge in [0, 0.05) is 43.0 Å². The fourth-order valence-corrected chi connectivity index (χ4v) is 2.94. The van der Waals surface area contributed by atoms with Crippen LogP contribution in [0.25, 0.3) is 0 Å². The number of rotatable bonds is 1. The Morgan fingerprint density at radius 3 is 2.56 bits per heavy atom. The summed E-state index contributed by atoms with van der Waals surface area (Å²) in [6, 6.07) is 10.5. The van der Waals surface area contributed by atoms with Crippen molar-refractivity contribution in [2.45, 2.75) is 12.5 Å². The lowest BCUT2D eigenvalue weighted by Crippen LogP contribution is -2.31. The molecule has 0 amide bonds. The van der Waals surface area contributed by atoms with Gasteiger partial charge in [0.25, 0.3) is 0 Å². The monoisotopic (exact) mass is 260 g/mol. The number of aromatic nitrogens is 1. The van der Waals surface area contributed by atoms with Crippen LogP contribution in [-0.2, 0) is 13.6 Å². The molecule has 0 radical (unpaired) electrons. The molecule has 0 saturated heterocycles. The summed E-state index contributed by atoms with van der Waals surface area (Å²) >= 11 is 5.97. The minimum absolute atomic E-state index is 0.456. The molecule has 0 fully saturated rings. The van der Waals surface area contributed by atoms with Gasteiger partial charge < -0.3 is 4.57 Å². The lowest BCUT2D eigenvalue weighted by atomic mass is 9.88. The number of likely N-dealkylation sites (N-methyl/N-ethyl adjacent to an activating group) is 1. The molecule has 2 heterocycles. The quantitative estimate of drug-likeness (QED) is 0.764. The summed E-state index contributed by atoms with van der Waals surface area (Å²) in [5.74, 6) is 0.456. The van der Waals surface area contributed by atoms with Crippen molar-refractivity contribution in [2.75, 3.05) is 13.6 Å². The first-order valence-corrected chi connectivity index (χ1v) is 6.61. The van der Waals surface area contributed by atoms with Gasteiger partial charge in [0.15, 0.2) is 0 Å². The summed E-state index contributed by atoms with van der Waals surface area (Å²) in [7, 11) is 4.30. The first-order chi connectivity index (χ1) is 8.65. The van der Waals surface area contributed by atoms with Crippen LogP contribution >= 0.6 is 11.6 Å². The van der Waals surface area contributed by atoms with Crippen LogP contribution in [0.4, 0.5) is 0 Å². The zero-order chi connectivity index (χ0) is 12.7. The second-order valence-corrected chi connectivity index (χ2v) is 5.57. The number of fused-ring (bicyclic) bond motifs is 1. The first kappa shape index (κ1) is 11.8. The molecule has 0 spiro atoms. The van der Waals surface area contributed by atoms with Crippen LogP contribution in [0.3, 0.4) is 0 Å². The fraction of sp³-hybridized carbons (Fsp3) is 0.333. The second kappa shape index (κ2) is 4.45. The Morgan fingerprint density at radius 1 is 1.11 bits per heavy atom. The van der Waals surface area contributed by atoms with Crippen molar-refractivity contribution in [3.05, 3.63) is 58.4 Å². The maximum atomic E-state index is 5.97. The molecule has 0 aliphatic carbocycles. The van der Waals surface area contributed by atoms with Crippen LogP contribution in [0.1, 0.15) is 22.7 Å². The van der Waals surface area contributed by atoms with Crippen LogP contribution in [0.5, 0.6) is 0 Å². The zero-order valence-electron chi connectivity index (χ0n) is 10.7. The largest absolute Gasteiger partial charge is 0.353 e. The molecule has 18 heavy (non-hydrogen) atoms. The van der Waals surface area contributed by atoms with E-state index in [0.29, 0.717) is 5.92 Å². The van der Waals surface area contributed by atoms with Crippen LogP contribution in [0, 0.1) is 0 Å². The molecule has 1 aliphatic heterocycles. The van der Waals surface area contributed by atoms with Crippen molar-refractivity contribution in [2.24, 2.45) is 7.05 Å². The van der Waals surface area contributed by atoms with E-state index in [1.54, 1.807) is 0 Å². The van der Waals surface area contributed by atoms with Gasteiger partial charge in [-0.2, -0.15) is 0 Å². The predicted molar refractivity (Wildman–Crippen MR) is 75.0 cm³/mol. The summed E-state index contributed by atoms with van der Waals surface area (Å²) in [6.07, 6.45) is 2.16. The molecule has 1 unspecified atom stereocenters. The van der Waals surface area contributed by atoms with E-state index in [0.717, 1.165) is 18.1 Å². The molecule has 2 aromatic rings.